The van der Waals surface area contributed by atoms with Gasteiger partial charge in [-0.2, -0.15) is 11.8 Å². The zero-order valence-electron chi connectivity index (χ0n) is 9.47. The van der Waals surface area contributed by atoms with Crippen LogP contribution in [-0.2, 0) is 17.8 Å². The molecule has 0 unspecified atom stereocenters. The minimum atomic E-state index is -0.803. The van der Waals surface area contributed by atoms with Crippen LogP contribution in [-0.4, -0.2) is 38.4 Å². The molecule has 0 atom stereocenters. The fourth-order valence-electron chi connectivity index (χ4n) is 1.34. The van der Waals surface area contributed by atoms with Crippen LogP contribution in [0.25, 0.3) is 0 Å². The number of imidazole rings is 1. The minimum absolute atomic E-state index is 0.0689. The molecule has 1 aromatic rings. The molecule has 6 heteroatoms. The van der Waals surface area contributed by atoms with Gasteiger partial charge in [-0.25, -0.2) is 4.98 Å². The summed E-state index contributed by atoms with van der Waals surface area (Å²) in [5.74, 6) is 0.283. The molecule has 4 nitrogen and oxygen atoms in total. The molecule has 0 spiro atoms. The largest absolute Gasteiger partial charge is 0.481 e. The Morgan fingerprint density at radius 3 is 2.94 bits per heavy atom. The van der Waals surface area contributed by atoms with Gasteiger partial charge < -0.3 is 9.67 Å². The molecular weight excluding hydrogens is 244 g/mol. The molecule has 0 fully saturated rings. The number of carboxylic acids is 1. The van der Waals surface area contributed by atoms with Crippen molar-refractivity contribution in [3.63, 3.8) is 0 Å². The number of nitrogens with zero attached hydrogens (tertiary/aromatic N) is 2. The highest BCUT2D eigenvalue weighted by Crippen LogP contribution is 2.19. The first-order valence-electron chi connectivity index (χ1n) is 5.07. The summed E-state index contributed by atoms with van der Waals surface area (Å²) in [5, 5.41) is 9.46. The molecule has 16 heavy (non-hydrogen) atoms. The van der Waals surface area contributed by atoms with Crippen LogP contribution in [0.3, 0.4) is 0 Å². The number of hydrogen-bond donors (Lipinski definition) is 1. The summed E-state index contributed by atoms with van der Waals surface area (Å²) in [6, 6.07) is 0. The Balaban J connectivity index is 2.73. The van der Waals surface area contributed by atoms with E-state index in [-0.39, 0.29) is 5.75 Å². The van der Waals surface area contributed by atoms with Gasteiger partial charge >= 0.3 is 5.97 Å². The molecule has 0 aliphatic heterocycles. The lowest BCUT2D eigenvalue weighted by Gasteiger charge is -2.09. The Labute approximate surface area is 104 Å². The molecular formula is C10H16N2O2S2. The van der Waals surface area contributed by atoms with Gasteiger partial charge in [0.15, 0.2) is 5.16 Å². The van der Waals surface area contributed by atoms with Gasteiger partial charge in [0.25, 0.3) is 0 Å². The number of carboxylic acid groups (broad SMARTS) is 1. The molecule has 0 radical (unpaired) electrons. The lowest BCUT2D eigenvalue weighted by molar-refractivity contribution is -0.133. The van der Waals surface area contributed by atoms with Gasteiger partial charge in [0.2, 0.25) is 0 Å². The predicted octanol–water partition coefficient (Wildman–Crippen LogP) is 1.99. The summed E-state index contributed by atoms with van der Waals surface area (Å²) in [4.78, 5) is 14.8. The topological polar surface area (TPSA) is 55.1 Å². The van der Waals surface area contributed by atoms with Crippen molar-refractivity contribution in [2.24, 2.45) is 0 Å². The van der Waals surface area contributed by atoms with E-state index in [1.54, 1.807) is 11.8 Å². The van der Waals surface area contributed by atoms with Crippen molar-refractivity contribution >= 4 is 29.5 Å². The third kappa shape index (κ3) is 3.75. The zero-order valence-corrected chi connectivity index (χ0v) is 11.1. The summed E-state index contributed by atoms with van der Waals surface area (Å²) < 4.78 is 2.12. The summed E-state index contributed by atoms with van der Waals surface area (Å²) in [6.45, 7) is 2.98. The van der Waals surface area contributed by atoms with Gasteiger partial charge in [-0.1, -0.05) is 18.7 Å². The molecule has 0 saturated carbocycles. The SMILES string of the molecule is CCc1cnc(SCC(=O)O)n1CCSC. The monoisotopic (exact) mass is 260 g/mol. The van der Waals surface area contributed by atoms with E-state index < -0.39 is 5.97 Å². The first kappa shape index (κ1) is 13.4. The van der Waals surface area contributed by atoms with Crippen molar-refractivity contribution in [1.29, 1.82) is 0 Å². The molecule has 0 aliphatic carbocycles. The summed E-state index contributed by atoms with van der Waals surface area (Å²) in [5.41, 5.74) is 1.17. The van der Waals surface area contributed by atoms with Crippen molar-refractivity contribution in [3.8, 4) is 0 Å². The number of carbonyl (C=O) groups is 1. The van der Waals surface area contributed by atoms with E-state index in [0.717, 1.165) is 23.9 Å². The van der Waals surface area contributed by atoms with E-state index in [1.165, 1.54) is 17.5 Å². The molecule has 0 aliphatic rings. The molecule has 90 valence electrons. The van der Waals surface area contributed by atoms with E-state index in [1.807, 2.05) is 6.20 Å². The number of rotatable bonds is 7. The third-order valence-electron chi connectivity index (χ3n) is 2.11. The Morgan fingerprint density at radius 1 is 1.62 bits per heavy atom. The summed E-state index contributed by atoms with van der Waals surface area (Å²) >= 11 is 3.06. The number of thioether (sulfide) groups is 2. The number of aliphatic carboxylic acids is 1. The predicted molar refractivity (Wildman–Crippen MR) is 68.3 cm³/mol. The number of hydrogen-bond acceptors (Lipinski definition) is 4. The van der Waals surface area contributed by atoms with E-state index >= 15 is 0 Å². The van der Waals surface area contributed by atoms with Crippen LogP contribution in [0.2, 0.25) is 0 Å². The van der Waals surface area contributed by atoms with Crippen LogP contribution in [0.4, 0.5) is 0 Å². The van der Waals surface area contributed by atoms with Gasteiger partial charge in [0.05, 0.1) is 5.75 Å². The van der Waals surface area contributed by atoms with Gasteiger partial charge in [-0.3, -0.25) is 4.79 Å². The van der Waals surface area contributed by atoms with Gasteiger partial charge in [0, 0.05) is 24.2 Å². The maximum atomic E-state index is 10.5. The van der Waals surface area contributed by atoms with Crippen LogP contribution in [0.1, 0.15) is 12.6 Å². The smallest absolute Gasteiger partial charge is 0.313 e. The Hall–Kier alpha value is -0.620. The van der Waals surface area contributed by atoms with Gasteiger partial charge in [-0.05, 0) is 12.7 Å². The quantitative estimate of drug-likeness (QED) is 0.760. The average Bonchev–Trinajstić information content (AvgIpc) is 2.65. The third-order valence-corrected chi connectivity index (χ3v) is 3.67. The van der Waals surface area contributed by atoms with E-state index in [2.05, 4.69) is 22.7 Å². The van der Waals surface area contributed by atoms with Crippen molar-refractivity contribution in [2.45, 2.75) is 25.0 Å². The molecule has 1 N–H and O–H groups in total. The first-order valence-corrected chi connectivity index (χ1v) is 7.45. The molecule has 0 saturated heterocycles. The summed E-state index contributed by atoms with van der Waals surface area (Å²) in [6.07, 6.45) is 4.83. The van der Waals surface area contributed by atoms with Crippen molar-refractivity contribution in [1.82, 2.24) is 9.55 Å². The van der Waals surface area contributed by atoms with E-state index in [4.69, 9.17) is 5.11 Å². The fourth-order valence-corrected chi connectivity index (χ4v) is 2.45. The molecule has 1 heterocycles. The Morgan fingerprint density at radius 2 is 2.38 bits per heavy atom. The normalized spacial score (nSPS) is 10.6. The average molecular weight is 260 g/mol. The standard InChI is InChI=1S/C10H16N2O2S2/c1-3-8-6-11-10(16-7-9(13)14)12(8)4-5-15-2/h6H,3-5,7H2,1-2H3,(H,13,14). The lowest BCUT2D eigenvalue weighted by Crippen LogP contribution is -2.07. The van der Waals surface area contributed by atoms with Crippen molar-refractivity contribution in [3.05, 3.63) is 11.9 Å². The summed E-state index contributed by atoms with van der Waals surface area (Å²) in [7, 11) is 0. The maximum absolute atomic E-state index is 10.5. The highest BCUT2D eigenvalue weighted by atomic mass is 32.2. The van der Waals surface area contributed by atoms with Crippen LogP contribution >= 0.6 is 23.5 Å². The van der Waals surface area contributed by atoms with E-state index in [9.17, 15) is 4.79 Å². The lowest BCUT2D eigenvalue weighted by atomic mass is 10.4. The van der Waals surface area contributed by atoms with Gasteiger partial charge in [0.1, 0.15) is 0 Å². The van der Waals surface area contributed by atoms with Crippen LogP contribution in [0.15, 0.2) is 11.4 Å². The second kappa shape index (κ2) is 6.85. The van der Waals surface area contributed by atoms with Crippen LogP contribution in [0, 0.1) is 0 Å². The highest BCUT2D eigenvalue weighted by molar-refractivity contribution is 7.99. The molecule has 0 aromatic carbocycles. The zero-order chi connectivity index (χ0) is 12.0. The second-order valence-electron chi connectivity index (χ2n) is 3.21. The molecule has 1 aromatic heterocycles. The van der Waals surface area contributed by atoms with Crippen LogP contribution < -0.4 is 0 Å². The highest BCUT2D eigenvalue weighted by Gasteiger charge is 2.10. The maximum Gasteiger partial charge on any atom is 0.313 e. The molecule has 0 bridgehead atoms. The number of aryl methyl sites for hydroxylation is 1. The Kier molecular flexibility index (Phi) is 5.76. The van der Waals surface area contributed by atoms with Crippen molar-refractivity contribution in [2.75, 3.05) is 17.8 Å². The molecule has 0 amide bonds. The Bertz CT molecular complexity index is 353. The molecule has 1 rings (SSSR count). The second-order valence-corrected chi connectivity index (χ2v) is 5.14. The van der Waals surface area contributed by atoms with Crippen LogP contribution in [0.5, 0.6) is 0 Å². The van der Waals surface area contributed by atoms with E-state index in [0.29, 0.717) is 0 Å². The minimum Gasteiger partial charge on any atom is -0.481 e. The number of aromatic nitrogens is 2. The first-order chi connectivity index (χ1) is 7.69. The fraction of sp³-hybridized carbons (Fsp3) is 0.600. The van der Waals surface area contributed by atoms with Gasteiger partial charge in [-0.15, -0.1) is 0 Å². The van der Waals surface area contributed by atoms with Crippen molar-refractivity contribution < 1.29 is 9.90 Å².